The van der Waals surface area contributed by atoms with Gasteiger partial charge in [0.25, 0.3) is 0 Å². The highest BCUT2D eigenvalue weighted by Crippen LogP contribution is 2.00. The average molecular weight is 230 g/mol. The molecule has 0 aromatic rings. The molecule has 5 heteroatoms. The van der Waals surface area contributed by atoms with Crippen molar-refractivity contribution in [1.82, 2.24) is 10.6 Å². The number of hydrogen-bond donors (Lipinski definition) is 3. The maximum atomic E-state index is 11.3. The molecule has 1 unspecified atom stereocenters. The molecule has 0 aliphatic rings. The molecule has 1 amide bonds. The van der Waals surface area contributed by atoms with Gasteiger partial charge in [-0.3, -0.25) is 14.9 Å². The Bertz CT molecular complexity index is 239. The predicted molar refractivity (Wildman–Crippen MR) is 62.1 cm³/mol. The van der Waals surface area contributed by atoms with Crippen LogP contribution < -0.4 is 10.6 Å². The Balaban J connectivity index is 3.93. The topological polar surface area (TPSA) is 78.4 Å². The van der Waals surface area contributed by atoms with Crippen LogP contribution in [-0.2, 0) is 9.59 Å². The van der Waals surface area contributed by atoms with Crippen molar-refractivity contribution < 1.29 is 14.7 Å². The van der Waals surface area contributed by atoms with Crippen LogP contribution in [0.2, 0.25) is 0 Å². The Morgan fingerprint density at radius 3 is 2.12 bits per heavy atom. The maximum Gasteiger partial charge on any atom is 0.320 e. The molecule has 0 bridgehead atoms. The average Bonchev–Trinajstić information content (AvgIpc) is 2.13. The zero-order valence-electron chi connectivity index (χ0n) is 10.4. The number of aliphatic carboxylic acids is 1. The highest BCUT2D eigenvalue weighted by molar-refractivity contribution is 5.79. The molecule has 0 aliphatic heterocycles. The number of rotatable bonds is 7. The summed E-state index contributed by atoms with van der Waals surface area (Å²) in [5, 5.41) is 14.3. The second kappa shape index (κ2) is 7.22. The standard InChI is InChI=1S/C11H22N2O3/c1-7(2)5-12-9(14)6-13-10(8(3)4)11(15)16/h7-8,10,13H,5-6H2,1-4H3,(H,12,14)(H,15,16). The molecule has 5 nitrogen and oxygen atoms in total. The van der Waals surface area contributed by atoms with Gasteiger partial charge < -0.3 is 10.4 Å². The van der Waals surface area contributed by atoms with Crippen LogP contribution in [0.1, 0.15) is 27.7 Å². The molecule has 94 valence electrons. The van der Waals surface area contributed by atoms with Crippen LogP contribution >= 0.6 is 0 Å². The first kappa shape index (κ1) is 14.9. The lowest BCUT2D eigenvalue weighted by molar-refractivity contribution is -0.140. The Hall–Kier alpha value is -1.10. The molecule has 0 aromatic heterocycles. The van der Waals surface area contributed by atoms with Crippen LogP contribution in [0, 0.1) is 11.8 Å². The first-order valence-electron chi connectivity index (χ1n) is 5.57. The van der Waals surface area contributed by atoms with E-state index < -0.39 is 12.0 Å². The van der Waals surface area contributed by atoms with Gasteiger partial charge in [-0.1, -0.05) is 27.7 Å². The summed E-state index contributed by atoms with van der Waals surface area (Å²) in [6.45, 7) is 8.27. The highest BCUT2D eigenvalue weighted by atomic mass is 16.4. The minimum absolute atomic E-state index is 0.0435. The van der Waals surface area contributed by atoms with E-state index in [4.69, 9.17) is 5.11 Å². The molecule has 0 aliphatic carbocycles. The molecule has 0 saturated carbocycles. The van der Waals surface area contributed by atoms with Gasteiger partial charge in [-0.25, -0.2) is 0 Å². The van der Waals surface area contributed by atoms with E-state index in [9.17, 15) is 9.59 Å². The number of amides is 1. The van der Waals surface area contributed by atoms with Crippen LogP contribution in [0.25, 0.3) is 0 Å². The number of carboxylic acid groups (broad SMARTS) is 1. The van der Waals surface area contributed by atoms with Gasteiger partial charge in [0, 0.05) is 6.54 Å². The van der Waals surface area contributed by atoms with E-state index in [0.717, 1.165) is 0 Å². The van der Waals surface area contributed by atoms with E-state index in [2.05, 4.69) is 10.6 Å². The van der Waals surface area contributed by atoms with E-state index in [-0.39, 0.29) is 18.4 Å². The summed E-state index contributed by atoms with van der Waals surface area (Å²) in [7, 11) is 0. The van der Waals surface area contributed by atoms with Crippen molar-refractivity contribution in [2.24, 2.45) is 11.8 Å². The Morgan fingerprint density at radius 2 is 1.75 bits per heavy atom. The van der Waals surface area contributed by atoms with Gasteiger partial charge >= 0.3 is 5.97 Å². The first-order chi connectivity index (χ1) is 7.34. The fourth-order valence-electron chi connectivity index (χ4n) is 1.19. The summed E-state index contributed by atoms with van der Waals surface area (Å²) in [6.07, 6.45) is 0. The van der Waals surface area contributed by atoms with Crippen molar-refractivity contribution in [3.8, 4) is 0 Å². The summed E-state index contributed by atoms with van der Waals surface area (Å²) in [5.74, 6) is -0.744. The Labute approximate surface area is 96.6 Å². The van der Waals surface area contributed by atoms with E-state index in [1.54, 1.807) is 13.8 Å². The maximum absolute atomic E-state index is 11.3. The number of carboxylic acids is 1. The van der Waals surface area contributed by atoms with Crippen LogP contribution in [0.15, 0.2) is 0 Å². The molecule has 0 radical (unpaired) electrons. The second-order valence-electron chi connectivity index (χ2n) is 4.64. The van der Waals surface area contributed by atoms with Crippen molar-refractivity contribution in [2.45, 2.75) is 33.7 Å². The summed E-state index contributed by atoms with van der Waals surface area (Å²) in [6, 6.07) is -0.676. The van der Waals surface area contributed by atoms with Crippen molar-refractivity contribution >= 4 is 11.9 Å². The fraction of sp³-hybridized carbons (Fsp3) is 0.818. The third kappa shape index (κ3) is 6.40. The number of carbonyl (C=O) groups is 2. The van der Waals surface area contributed by atoms with Crippen LogP contribution in [0.3, 0.4) is 0 Å². The van der Waals surface area contributed by atoms with E-state index in [1.807, 2.05) is 13.8 Å². The van der Waals surface area contributed by atoms with Crippen molar-refractivity contribution in [2.75, 3.05) is 13.1 Å². The molecule has 16 heavy (non-hydrogen) atoms. The Morgan fingerprint density at radius 1 is 1.19 bits per heavy atom. The second-order valence-corrected chi connectivity index (χ2v) is 4.64. The normalized spacial score (nSPS) is 12.9. The highest BCUT2D eigenvalue weighted by Gasteiger charge is 2.21. The van der Waals surface area contributed by atoms with Gasteiger partial charge in [0.05, 0.1) is 6.54 Å². The van der Waals surface area contributed by atoms with Crippen molar-refractivity contribution in [3.05, 3.63) is 0 Å². The molecule has 0 fully saturated rings. The predicted octanol–water partition coefficient (Wildman–Crippen LogP) is 0.457. The summed E-state index contributed by atoms with van der Waals surface area (Å²) >= 11 is 0. The fourth-order valence-corrected chi connectivity index (χ4v) is 1.19. The summed E-state index contributed by atoms with van der Waals surface area (Å²) < 4.78 is 0. The minimum atomic E-state index is -0.924. The molecule has 0 heterocycles. The third-order valence-corrected chi connectivity index (χ3v) is 2.12. The largest absolute Gasteiger partial charge is 0.480 e. The summed E-state index contributed by atoms with van der Waals surface area (Å²) in [5.41, 5.74) is 0. The number of nitrogens with one attached hydrogen (secondary N) is 2. The molecule has 1 atom stereocenters. The molecular weight excluding hydrogens is 208 g/mol. The summed E-state index contributed by atoms with van der Waals surface area (Å²) in [4.78, 5) is 22.2. The monoisotopic (exact) mass is 230 g/mol. The number of hydrogen-bond acceptors (Lipinski definition) is 3. The van der Waals surface area contributed by atoms with E-state index in [0.29, 0.717) is 12.5 Å². The van der Waals surface area contributed by atoms with Crippen molar-refractivity contribution in [1.29, 1.82) is 0 Å². The smallest absolute Gasteiger partial charge is 0.320 e. The van der Waals surface area contributed by atoms with Gasteiger partial charge in [-0.2, -0.15) is 0 Å². The van der Waals surface area contributed by atoms with E-state index >= 15 is 0 Å². The van der Waals surface area contributed by atoms with Gasteiger partial charge in [0.15, 0.2) is 0 Å². The first-order valence-corrected chi connectivity index (χ1v) is 5.57. The molecule has 0 spiro atoms. The quantitative estimate of drug-likeness (QED) is 0.593. The minimum Gasteiger partial charge on any atom is -0.480 e. The van der Waals surface area contributed by atoms with Gasteiger partial charge in [-0.05, 0) is 11.8 Å². The lowest BCUT2D eigenvalue weighted by atomic mass is 10.1. The molecule has 0 aromatic carbocycles. The third-order valence-electron chi connectivity index (χ3n) is 2.12. The lowest BCUT2D eigenvalue weighted by Gasteiger charge is -2.17. The van der Waals surface area contributed by atoms with E-state index in [1.165, 1.54) is 0 Å². The van der Waals surface area contributed by atoms with Gasteiger partial charge in [0.2, 0.25) is 5.91 Å². The molecule has 0 rings (SSSR count). The zero-order chi connectivity index (χ0) is 12.7. The lowest BCUT2D eigenvalue weighted by Crippen LogP contribution is -2.46. The van der Waals surface area contributed by atoms with Gasteiger partial charge in [-0.15, -0.1) is 0 Å². The van der Waals surface area contributed by atoms with Crippen LogP contribution in [0.5, 0.6) is 0 Å². The van der Waals surface area contributed by atoms with Crippen LogP contribution in [0.4, 0.5) is 0 Å². The SMILES string of the molecule is CC(C)CNC(=O)CNC(C(=O)O)C(C)C. The number of carbonyl (C=O) groups excluding carboxylic acids is 1. The van der Waals surface area contributed by atoms with Gasteiger partial charge in [0.1, 0.15) is 6.04 Å². The molecule has 3 N–H and O–H groups in total. The van der Waals surface area contributed by atoms with Crippen molar-refractivity contribution in [3.63, 3.8) is 0 Å². The molecular formula is C11H22N2O3. The zero-order valence-corrected chi connectivity index (χ0v) is 10.4. The van der Waals surface area contributed by atoms with Crippen LogP contribution in [-0.4, -0.2) is 36.1 Å². The Kier molecular flexibility index (Phi) is 6.72. The molecule has 0 saturated heterocycles.